The maximum Gasteiger partial charge on any atom is 0.220 e. The van der Waals surface area contributed by atoms with Crippen LogP contribution in [0, 0.1) is 5.92 Å². The third-order valence-electron chi connectivity index (χ3n) is 3.17. The van der Waals surface area contributed by atoms with Gasteiger partial charge in [0.25, 0.3) is 0 Å². The van der Waals surface area contributed by atoms with Gasteiger partial charge in [-0.25, -0.2) is 0 Å². The predicted octanol–water partition coefficient (Wildman–Crippen LogP) is 1.59. The molecule has 172 valence electrons. The van der Waals surface area contributed by atoms with Gasteiger partial charge in [-0.3, -0.25) is 14.4 Å². The van der Waals surface area contributed by atoms with Crippen molar-refractivity contribution >= 4 is 18.1 Å². The number of unbranched alkanes of at least 4 members (excludes halogenated alkanes) is 1. The van der Waals surface area contributed by atoms with Crippen LogP contribution in [0.25, 0.3) is 0 Å². The van der Waals surface area contributed by atoms with Gasteiger partial charge in [-0.15, -0.1) is 6.58 Å². The van der Waals surface area contributed by atoms with E-state index in [0.29, 0.717) is 19.4 Å². The molecule has 1 fully saturated rings. The van der Waals surface area contributed by atoms with E-state index in [9.17, 15) is 14.4 Å². The summed E-state index contributed by atoms with van der Waals surface area (Å²) in [5.41, 5.74) is 1.17. The first-order valence-corrected chi connectivity index (χ1v) is 9.92. The van der Waals surface area contributed by atoms with E-state index in [1.807, 2.05) is 13.8 Å². The summed E-state index contributed by atoms with van der Waals surface area (Å²) in [5.74, 6) is 0.715. The summed E-state index contributed by atoms with van der Waals surface area (Å²) in [4.78, 5) is 31.5. The third kappa shape index (κ3) is 31.2. The largest absolute Gasteiger partial charge is 0.400 e. The van der Waals surface area contributed by atoms with E-state index in [-0.39, 0.29) is 37.0 Å². The molecule has 2 amide bonds. The monoisotopic (exact) mass is 418 g/mol. The number of aliphatic hydroxyl groups excluding tert-OH is 2. The van der Waals surface area contributed by atoms with Crippen LogP contribution in [-0.4, -0.2) is 67.3 Å². The van der Waals surface area contributed by atoms with Crippen LogP contribution in [0.15, 0.2) is 12.2 Å². The summed E-state index contributed by atoms with van der Waals surface area (Å²) in [6.07, 6.45) is 4.08. The van der Waals surface area contributed by atoms with Gasteiger partial charge >= 0.3 is 0 Å². The lowest BCUT2D eigenvalue weighted by atomic mass is 10.1. The van der Waals surface area contributed by atoms with Crippen LogP contribution in [0.2, 0.25) is 0 Å². The van der Waals surface area contributed by atoms with E-state index in [4.69, 9.17) is 10.2 Å². The highest BCUT2D eigenvalue weighted by Gasteiger charge is 2.30. The molecule has 8 heteroatoms. The van der Waals surface area contributed by atoms with E-state index in [2.05, 4.69) is 35.8 Å². The minimum atomic E-state index is -0.238. The van der Waals surface area contributed by atoms with Gasteiger partial charge in [-0.1, -0.05) is 32.3 Å². The smallest absolute Gasteiger partial charge is 0.220 e. The van der Waals surface area contributed by atoms with Crippen molar-refractivity contribution in [1.82, 2.24) is 10.6 Å². The molecular weight excluding hydrogens is 376 g/mol. The number of Topliss-reactive ketones (excluding diaryl/α,β-unsaturated/α-hetero) is 1. The SMILES string of the molecule is C=C(C)C.CC(C)CCCCC(=O)NC(C)CO.CO.O=CNCC(=O)C1CO1. The molecule has 1 saturated heterocycles. The molecule has 0 aromatic rings. The number of ether oxygens (including phenoxy) is 1. The summed E-state index contributed by atoms with van der Waals surface area (Å²) in [5, 5.41) is 20.7. The molecule has 1 rings (SSSR count). The fourth-order valence-electron chi connectivity index (χ4n) is 1.72. The van der Waals surface area contributed by atoms with Gasteiger partial charge in [0, 0.05) is 19.6 Å². The van der Waals surface area contributed by atoms with Crippen molar-refractivity contribution in [1.29, 1.82) is 0 Å². The Morgan fingerprint density at radius 3 is 2.10 bits per heavy atom. The predicted molar refractivity (Wildman–Crippen MR) is 115 cm³/mol. The van der Waals surface area contributed by atoms with Crippen LogP contribution in [0.5, 0.6) is 0 Å². The summed E-state index contributed by atoms with van der Waals surface area (Å²) in [6, 6.07) is -0.118. The normalized spacial score (nSPS) is 14.4. The maximum atomic E-state index is 11.2. The highest BCUT2D eigenvalue weighted by Crippen LogP contribution is 2.08. The van der Waals surface area contributed by atoms with Crippen molar-refractivity contribution in [3.63, 3.8) is 0 Å². The molecule has 2 unspecified atom stereocenters. The lowest BCUT2D eigenvalue weighted by molar-refractivity contribution is -0.122. The molecule has 0 aliphatic carbocycles. The lowest BCUT2D eigenvalue weighted by Gasteiger charge is -2.10. The number of allylic oxidation sites excluding steroid dienone is 1. The Bertz CT molecular complexity index is 433. The average molecular weight is 419 g/mol. The first kappa shape index (κ1) is 31.9. The number of carbonyl (C=O) groups excluding carboxylic acids is 3. The topological polar surface area (TPSA) is 128 Å². The quantitative estimate of drug-likeness (QED) is 0.175. The molecule has 0 aromatic carbocycles. The van der Waals surface area contributed by atoms with Crippen molar-refractivity contribution in [2.75, 3.05) is 26.9 Å². The fraction of sp³-hybridized carbons (Fsp3) is 0.762. The van der Waals surface area contributed by atoms with Gasteiger partial charge in [0.05, 0.1) is 19.8 Å². The van der Waals surface area contributed by atoms with Crippen molar-refractivity contribution in [3.05, 3.63) is 12.2 Å². The number of nitrogens with one attached hydrogen (secondary N) is 2. The average Bonchev–Trinajstić information content (AvgIpc) is 3.50. The lowest BCUT2D eigenvalue weighted by Crippen LogP contribution is -2.34. The number of hydrogen-bond acceptors (Lipinski definition) is 6. The van der Waals surface area contributed by atoms with Crippen LogP contribution in [0.3, 0.4) is 0 Å². The molecule has 1 heterocycles. The highest BCUT2D eigenvalue weighted by atomic mass is 16.6. The first-order chi connectivity index (χ1) is 13.6. The molecule has 29 heavy (non-hydrogen) atoms. The first-order valence-electron chi connectivity index (χ1n) is 9.92. The second kappa shape index (κ2) is 22.5. The molecule has 2 atom stereocenters. The number of epoxide rings is 1. The highest BCUT2D eigenvalue weighted by molar-refractivity contribution is 5.88. The zero-order chi connectivity index (χ0) is 23.2. The van der Waals surface area contributed by atoms with Gasteiger partial charge in [-0.2, -0.15) is 0 Å². The van der Waals surface area contributed by atoms with Gasteiger partial charge < -0.3 is 25.6 Å². The van der Waals surface area contributed by atoms with Crippen molar-refractivity contribution < 1.29 is 29.3 Å². The molecule has 0 aromatic heterocycles. The second-order valence-electron chi connectivity index (χ2n) is 7.28. The Labute approximate surface area is 176 Å². The van der Waals surface area contributed by atoms with Crippen LogP contribution in [0.1, 0.15) is 60.3 Å². The zero-order valence-corrected chi connectivity index (χ0v) is 19.0. The minimum absolute atomic E-state index is 0.0116. The van der Waals surface area contributed by atoms with Crippen LogP contribution >= 0.6 is 0 Å². The van der Waals surface area contributed by atoms with Crippen molar-refractivity contribution in [2.24, 2.45) is 5.92 Å². The van der Waals surface area contributed by atoms with Crippen molar-refractivity contribution in [3.8, 4) is 0 Å². The Morgan fingerprint density at radius 2 is 1.72 bits per heavy atom. The van der Waals surface area contributed by atoms with Crippen LogP contribution in [0.4, 0.5) is 0 Å². The summed E-state index contributed by atoms with van der Waals surface area (Å²) >= 11 is 0. The molecular formula is C21H42N2O6. The van der Waals surface area contributed by atoms with Crippen LogP contribution < -0.4 is 10.6 Å². The van der Waals surface area contributed by atoms with E-state index in [1.54, 1.807) is 6.92 Å². The standard InChI is InChI=1S/C11H23NO2.C5H7NO3.C4H8.CH4O/c1-9(2)6-4-5-7-11(14)12-10(3)8-13;7-3-6-1-4(8)5-2-9-5;1-4(2)3;1-2/h9-10,13H,4-8H2,1-3H3,(H,12,14);3,5H,1-2H2,(H,6,7);1H2,2-3H3;2H,1H3. The number of carbonyl (C=O) groups is 3. The van der Waals surface area contributed by atoms with Gasteiger partial charge in [0.1, 0.15) is 6.10 Å². The maximum absolute atomic E-state index is 11.2. The second-order valence-corrected chi connectivity index (χ2v) is 7.28. The van der Waals surface area contributed by atoms with E-state index < -0.39 is 0 Å². The number of ketones is 1. The Balaban J connectivity index is -0.000000383. The third-order valence-corrected chi connectivity index (χ3v) is 3.17. The Kier molecular flexibility index (Phi) is 24.8. The number of hydrogen-bond donors (Lipinski definition) is 4. The summed E-state index contributed by atoms with van der Waals surface area (Å²) in [7, 11) is 1.00. The Hall–Kier alpha value is -1.77. The minimum Gasteiger partial charge on any atom is -0.400 e. The van der Waals surface area contributed by atoms with E-state index >= 15 is 0 Å². The number of aliphatic hydroxyl groups is 2. The fourth-order valence-corrected chi connectivity index (χ4v) is 1.72. The Morgan fingerprint density at radius 1 is 1.21 bits per heavy atom. The van der Waals surface area contributed by atoms with Crippen molar-refractivity contribution in [2.45, 2.75) is 72.4 Å². The van der Waals surface area contributed by atoms with Gasteiger partial charge in [0.15, 0.2) is 5.78 Å². The number of amides is 2. The molecule has 0 spiro atoms. The molecule has 1 aliphatic heterocycles. The molecule has 0 radical (unpaired) electrons. The summed E-state index contributed by atoms with van der Waals surface area (Å²) in [6.45, 7) is 14.3. The molecule has 1 aliphatic rings. The molecule has 0 bridgehead atoms. The van der Waals surface area contributed by atoms with Gasteiger partial charge in [0.2, 0.25) is 12.3 Å². The number of rotatable bonds is 11. The zero-order valence-electron chi connectivity index (χ0n) is 19.0. The van der Waals surface area contributed by atoms with E-state index in [0.717, 1.165) is 25.9 Å². The van der Waals surface area contributed by atoms with Crippen LogP contribution in [-0.2, 0) is 19.1 Å². The molecule has 8 nitrogen and oxygen atoms in total. The molecule has 0 saturated carbocycles. The molecule has 4 N–H and O–H groups in total. The van der Waals surface area contributed by atoms with Gasteiger partial charge in [-0.05, 0) is 33.1 Å². The van der Waals surface area contributed by atoms with E-state index in [1.165, 1.54) is 12.0 Å². The summed E-state index contributed by atoms with van der Waals surface area (Å²) < 4.78 is 4.66.